The number of aliphatic hydroxyl groups excluding tert-OH is 1. The number of aromatic nitrogens is 1. The van der Waals surface area contributed by atoms with Gasteiger partial charge in [-0.1, -0.05) is 108 Å². The van der Waals surface area contributed by atoms with E-state index in [1.54, 1.807) is 80.7 Å². The Labute approximate surface area is 759 Å². The van der Waals surface area contributed by atoms with Crippen LogP contribution in [0.5, 0.6) is 5.75 Å². The van der Waals surface area contributed by atoms with Crippen molar-refractivity contribution in [2.75, 3.05) is 39.3 Å². The van der Waals surface area contributed by atoms with Crippen LogP contribution < -0.4 is 108 Å². The Morgan fingerprint density at radius 2 is 1.16 bits per heavy atom. The molecular weight excluding hydrogens is 1700 g/mol. The summed E-state index contributed by atoms with van der Waals surface area (Å²) >= 11 is 0. The number of carbonyl (C=O) groups excluding carboxylic acids is 16. The van der Waals surface area contributed by atoms with E-state index in [9.17, 15) is 53.1 Å². The lowest BCUT2D eigenvalue weighted by atomic mass is 9.91. The lowest BCUT2D eigenvalue weighted by Crippen LogP contribution is -2.65. The van der Waals surface area contributed by atoms with E-state index >= 15 is 28.8 Å². The van der Waals surface area contributed by atoms with Gasteiger partial charge in [-0.05, 0) is 170 Å². The van der Waals surface area contributed by atoms with Gasteiger partial charge < -0.3 is 118 Å². The van der Waals surface area contributed by atoms with Gasteiger partial charge in [0.05, 0.1) is 18.9 Å². The van der Waals surface area contributed by atoms with Gasteiger partial charge in [0, 0.05) is 98.8 Å². The quantitative estimate of drug-likeness (QED) is 0.0181. The number of primary amides is 2. The molecule has 38 nitrogen and oxygen atoms in total. The molecule has 0 radical (unpaired) electrons. The fourth-order valence-corrected chi connectivity index (χ4v) is 17.5. The molecule has 16 amide bonds. The molecule has 5 aromatic rings. The third kappa shape index (κ3) is 34.2. The topological polar surface area (TPSA) is 617 Å². The Kier molecular flexibility index (Phi) is 42.1. The lowest BCUT2D eigenvalue weighted by Gasteiger charge is -2.39. The molecule has 1 fully saturated rings. The molecule has 1 aliphatic heterocycles. The number of unbranched alkanes of at least 4 members (excludes halogenated alkanes) is 3. The van der Waals surface area contributed by atoms with Crippen LogP contribution in [0.25, 0.3) is 21.7 Å². The van der Waals surface area contributed by atoms with Crippen LogP contribution in [-0.4, -0.2) is 232 Å². The fraction of sp³-hybridized carbons (Fsp3) is 0.551. The number of nitrogens with one attached hydrogen (secondary N) is 15. The van der Waals surface area contributed by atoms with Crippen molar-refractivity contribution in [1.29, 1.82) is 0 Å². The predicted octanol–water partition coefficient (Wildman–Crippen LogP) is 0.0529. The Morgan fingerprint density at radius 1 is 0.574 bits per heavy atom. The molecule has 0 bridgehead atoms. The van der Waals surface area contributed by atoms with Gasteiger partial charge in [-0.3, -0.25) is 76.7 Å². The molecule has 708 valence electrons. The molecular formula is C89H132N20O18S2. The van der Waals surface area contributed by atoms with Crippen LogP contribution in [0.15, 0.2) is 91.1 Å². The van der Waals surface area contributed by atoms with Crippen molar-refractivity contribution in [3.8, 4) is 5.75 Å². The number of benzene rings is 4. The molecule has 0 unspecified atom stereocenters. The number of amides is 16. The summed E-state index contributed by atoms with van der Waals surface area (Å²) in [6.45, 7) is 18.9. The van der Waals surface area contributed by atoms with Crippen molar-refractivity contribution < 1.29 is 86.6 Å². The molecule has 40 heteroatoms. The monoisotopic (exact) mass is 1830 g/mol. The average Bonchev–Trinajstić information content (AvgIpc) is 1.78. The lowest BCUT2D eigenvalue weighted by molar-refractivity contribution is -0.138. The van der Waals surface area contributed by atoms with E-state index < -0.39 is 183 Å². The summed E-state index contributed by atoms with van der Waals surface area (Å²) in [5, 5.41) is 51.6. The van der Waals surface area contributed by atoms with Crippen molar-refractivity contribution >= 4 is 138 Å². The van der Waals surface area contributed by atoms with E-state index in [4.69, 9.17) is 33.4 Å². The minimum Gasteiger partial charge on any atom is -0.492 e. The highest BCUT2D eigenvalue weighted by Crippen LogP contribution is 2.47. The highest BCUT2D eigenvalue weighted by atomic mass is 33.1. The summed E-state index contributed by atoms with van der Waals surface area (Å²) < 4.78 is 2.61. The van der Waals surface area contributed by atoms with E-state index in [1.165, 1.54) is 34.6 Å². The summed E-state index contributed by atoms with van der Waals surface area (Å²) in [7, 11) is 1.83. The van der Waals surface area contributed by atoms with Crippen LogP contribution in [0.4, 0.5) is 0 Å². The molecule has 0 spiro atoms. The summed E-state index contributed by atoms with van der Waals surface area (Å²) in [6, 6.07) is 6.95. The number of carbonyl (C=O) groups is 16. The second-order valence-electron chi connectivity index (χ2n) is 34.4. The molecule has 0 saturated carbocycles. The number of aliphatic hydroxyl groups is 1. The maximum absolute atomic E-state index is 16.4. The number of ether oxygens (including phenoxy) is 1. The van der Waals surface area contributed by atoms with Crippen molar-refractivity contribution in [3.63, 3.8) is 0 Å². The van der Waals surface area contributed by atoms with Crippen LogP contribution >= 0.6 is 21.6 Å². The molecule has 129 heavy (non-hydrogen) atoms. The molecule has 6 rings (SSSR count). The van der Waals surface area contributed by atoms with Crippen molar-refractivity contribution in [2.45, 2.75) is 267 Å². The van der Waals surface area contributed by atoms with E-state index in [1.807, 2.05) is 45.0 Å². The highest BCUT2D eigenvalue weighted by molar-refractivity contribution is 8.77. The van der Waals surface area contributed by atoms with Crippen LogP contribution in [0.3, 0.4) is 0 Å². The molecule has 4 aromatic carbocycles. The first-order chi connectivity index (χ1) is 60.9. The molecule has 2 heterocycles. The number of aromatic amines is 1. The predicted molar refractivity (Wildman–Crippen MR) is 492 cm³/mol. The molecule has 1 saturated heterocycles. The molecule has 1 aromatic heterocycles. The first-order valence-corrected chi connectivity index (χ1v) is 45.6. The van der Waals surface area contributed by atoms with Crippen LogP contribution in [-0.2, 0) is 96.0 Å². The number of fused-ring (bicyclic) bond motifs is 2. The molecule has 0 aliphatic carbocycles. The fourth-order valence-electron chi connectivity index (χ4n) is 14.7. The maximum Gasteiger partial charge on any atom is 0.246 e. The smallest absolute Gasteiger partial charge is 0.246 e. The van der Waals surface area contributed by atoms with Gasteiger partial charge in [-0.25, -0.2) is 0 Å². The number of rotatable bonds is 44. The van der Waals surface area contributed by atoms with E-state index in [-0.39, 0.29) is 121 Å². The van der Waals surface area contributed by atoms with Crippen molar-refractivity contribution in [2.24, 2.45) is 34.6 Å². The number of H-pyrrole nitrogens is 1. The third-order valence-corrected chi connectivity index (χ3v) is 26.0. The summed E-state index contributed by atoms with van der Waals surface area (Å²) in [5.74, 6) is -14.1. The Balaban J connectivity index is 1.54. The van der Waals surface area contributed by atoms with Crippen molar-refractivity contribution in [3.05, 3.63) is 113 Å². The summed E-state index contributed by atoms with van der Waals surface area (Å²) in [5.41, 5.74) is 30.1. The Morgan fingerprint density at radius 3 is 1.78 bits per heavy atom. The molecule has 13 atom stereocenters. The van der Waals surface area contributed by atoms with Crippen LogP contribution in [0.1, 0.15) is 175 Å². The minimum absolute atomic E-state index is 0.0188. The van der Waals surface area contributed by atoms with Gasteiger partial charge >= 0.3 is 0 Å². The second kappa shape index (κ2) is 51.1. The van der Waals surface area contributed by atoms with Crippen LogP contribution in [0, 0.1) is 12.8 Å². The van der Waals surface area contributed by atoms with Crippen molar-refractivity contribution in [1.82, 2.24) is 79.4 Å². The number of nitrogens with two attached hydrogens (primary N) is 5. The zero-order valence-corrected chi connectivity index (χ0v) is 77.2. The first kappa shape index (κ1) is 106. The molecule has 26 N–H and O–H groups in total. The van der Waals surface area contributed by atoms with Gasteiger partial charge in [0.15, 0.2) is 0 Å². The van der Waals surface area contributed by atoms with E-state index in [0.717, 1.165) is 51.8 Å². The standard InChI is InChI=1S/C89H132N20O18S2/c1-49(2)40-60(47-92)99-78(118)68(45-70(93)114)102-76(116)64(27-16-20-38-96-53(6)112)106-86(126)89(12,34-17-18-35-90)109-82(122)66(43-56-28-31-57-23-13-14-24-58(57)41-56)101-79(119)65(42-55-29-32-61(33-30-55)127-39-36-91)104-85(125)75-88(10,11)129-128-87(8,9)74(98-54(7)113)84(124)105-69(46-71(94)115)81(121)107-73(51(4)110)83(123)103-67(44-59-48-97-72-50(3)22-21-25-62(59)72)80(120)100-63(77(117)108-75)26-15-19-37-95-52(5)111/h13-14,21-25,28-33,41,48-49,51,60,63-69,73-75,97,110H,15-20,26-27,34-40,42-47,90-92H2,1-12H3,(H2,93,114)(H2,94,115)(H,95,111)(H,96,112)(H,98,113)(H,99,118)(H,100,120)(H,101,119)(H,102,116)(H,103,123)(H,104,125)(H,105,124)(H,106,126)(H,107,121)(H,108,117)(H,109,122)/t51-,60-,63+,64+,65+,66+,67+,68+,69+,73+,74-,75-,89+/m1/s1. The van der Waals surface area contributed by atoms with Gasteiger partial charge in [0.1, 0.15) is 78.3 Å². The van der Waals surface area contributed by atoms with Gasteiger partial charge in [0.2, 0.25) is 94.5 Å². The summed E-state index contributed by atoms with van der Waals surface area (Å²) in [4.78, 5) is 234. The SMILES string of the molecule is CC(=O)NCCCC[C@@H]1NC(=O)[C@H](Cc2c[nH]c3c(C)cccc23)NC(=O)[C@H]([C@@H](C)O)NC(=O)[C@H](CC(N)=O)NC(=O)[C@@H](NC(C)=O)C(C)(C)SSC(C)(C)[C@@H](C(=O)N[C@@H](Cc2ccc(OCCN)cc2)C(=O)N[C@@H](Cc2ccc3ccccc3c2)C(=O)N[C@@](C)(CCCCN)C(=O)N[C@@H](CCCCNC(C)=O)C(=O)N[C@@H](CC(N)=O)C(=O)N[C@@H](CN)CC(C)C)NC1=O. The summed E-state index contributed by atoms with van der Waals surface area (Å²) in [6.07, 6.45) is -1.24. The third-order valence-electron chi connectivity index (χ3n) is 21.8. The zero-order chi connectivity index (χ0) is 95.6. The van der Waals surface area contributed by atoms with Crippen LogP contribution in [0.2, 0.25) is 0 Å². The zero-order valence-electron chi connectivity index (χ0n) is 75.6. The first-order valence-electron chi connectivity index (χ1n) is 43.5. The van der Waals surface area contributed by atoms with Gasteiger partial charge in [0.25, 0.3) is 0 Å². The van der Waals surface area contributed by atoms with Gasteiger partial charge in [-0.2, -0.15) is 0 Å². The second-order valence-corrected chi connectivity index (χ2v) is 37.8. The Hall–Kier alpha value is -11.5. The number of aryl methyl sites for hydroxylation is 1. The van der Waals surface area contributed by atoms with Gasteiger partial charge in [-0.15, -0.1) is 0 Å². The number of hydrogen-bond donors (Lipinski definition) is 21. The largest absolute Gasteiger partial charge is 0.492 e. The minimum atomic E-state index is -1.98. The Bertz CT molecular complexity index is 4740. The van der Waals surface area contributed by atoms with E-state index in [0.29, 0.717) is 52.6 Å². The highest BCUT2D eigenvalue weighted by Gasteiger charge is 2.47. The number of hydrogen-bond acceptors (Lipinski definition) is 23. The normalized spacial score (nSPS) is 19.4. The number of para-hydroxylation sites is 1. The molecule has 1 aliphatic rings. The van der Waals surface area contributed by atoms with E-state index in [2.05, 4.69) is 79.4 Å². The average molecular weight is 1830 g/mol. The maximum atomic E-state index is 16.4.